The van der Waals surface area contributed by atoms with Crippen LogP contribution in [-0.4, -0.2) is 20.0 Å². The Hall–Kier alpha value is -2.81. The number of fused-ring (bicyclic) bond motifs is 1. The molecule has 0 atom stereocenters. The molecule has 0 aliphatic carbocycles. The highest BCUT2D eigenvalue weighted by molar-refractivity contribution is 6.08. The van der Waals surface area contributed by atoms with E-state index in [0.717, 1.165) is 52.5 Å². The van der Waals surface area contributed by atoms with E-state index in [0.29, 0.717) is 12.2 Å². The fourth-order valence-corrected chi connectivity index (χ4v) is 3.65. The van der Waals surface area contributed by atoms with Gasteiger partial charge in [0.25, 0.3) is 0 Å². The second kappa shape index (κ2) is 9.41. The maximum Gasteiger partial charge on any atom is 0.163 e. The van der Waals surface area contributed by atoms with Crippen molar-refractivity contribution >= 4 is 16.6 Å². The van der Waals surface area contributed by atoms with Gasteiger partial charge < -0.3 is 9.47 Å². The molecule has 0 fully saturated rings. The summed E-state index contributed by atoms with van der Waals surface area (Å²) in [4.78, 5) is 13.0. The summed E-state index contributed by atoms with van der Waals surface area (Å²) in [7, 11) is 3.31. The minimum absolute atomic E-state index is 0.171. The first-order valence-corrected chi connectivity index (χ1v) is 9.97. The summed E-state index contributed by atoms with van der Waals surface area (Å²) in [6.07, 6.45) is 4.91. The Morgan fingerprint density at radius 1 is 0.821 bits per heavy atom. The molecule has 0 aliphatic heterocycles. The molecule has 0 heterocycles. The molecule has 0 spiro atoms. The zero-order chi connectivity index (χ0) is 19.9. The predicted octanol–water partition coefficient (Wildman–Crippen LogP) is 6.68. The highest BCUT2D eigenvalue weighted by Crippen LogP contribution is 2.37. The SMILES string of the molecule is CCCCCCC(=O)c1cc(OC)ccc1-c1ccc(OC)c2ccccc12. The molecule has 0 saturated heterocycles. The average Bonchev–Trinajstić information content (AvgIpc) is 2.75. The zero-order valence-corrected chi connectivity index (χ0v) is 17.0. The quantitative estimate of drug-likeness (QED) is 0.309. The van der Waals surface area contributed by atoms with Crippen LogP contribution in [0.25, 0.3) is 21.9 Å². The van der Waals surface area contributed by atoms with E-state index in [4.69, 9.17) is 9.47 Å². The number of carbonyl (C=O) groups excluding carboxylic acids is 1. The number of carbonyl (C=O) groups is 1. The van der Waals surface area contributed by atoms with Crippen LogP contribution in [0.1, 0.15) is 49.4 Å². The minimum Gasteiger partial charge on any atom is -0.497 e. The van der Waals surface area contributed by atoms with Crippen molar-refractivity contribution in [1.82, 2.24) is 0 Å². The van der Waals surface area contributed by atoms with Crippen LogP contribution in [-0.2, 0) is 0 Å². The van der Waals surface area contributed by atoms with Gasteiger partial charge in [-0.05, 0) is 47.2 Å². The van der Waals surface area contributed by atoms with Crippen LogP contribution in [0.4, 0.5) is 0 Å². The maximum absolute atomic E-state index is 13.0. The highest BCUT2D eigenvalue weighted by Gasteiger charge is 2.17. The first-order valence-electron chi connectivity index (χ1n) is 9.97. The number of hydrogen-bond acceptors (Lipinski definition) is 3. The van der Waals surface area contributed by atoms with Crippen LogP contribution < -0.4 is 9.47 Å². The summed E-state index contributed by atoms with van der Waals surface area (Å²) in [5.74, 6) is 1.71. The average molecular weight is 376 g/mol. The number of Topliss-reactive ketones (excluding diaryl/α,β-unsaturated/α-hetero) is 1. The molecule has 0 aromatic heterocycles. The summed E-state index contributed by atoms with van der Waals surface area (Å²) >= 11 is 0. The molecule has 0 N–H and O–H groups in total. The number of ether oxygens (including phenoxy) is 2. The molecule has 0 saturated carbocycles. The van der Waals surface area contributed by atoms with Gasteiger partial charge in [0.05, 0.1) is 14.2 Å². The fraction of sp³-hybridized carbons (Fsp3) is 0.320. The molecule has 0 aliphatic rings. The Balaban J connectivity index is 2.07. The second-order valence-corrected chi connectivity index (χ2v) is 7.01. The standard InChI is InChI=1S/C25H28O3/c1-4-5-6-7-12-24(26)23-17-18(27-2)13-14-21(23)20-15-16-25(28-3)22-11-9-8-10-19(20)22/h8-11,13-17H,4-7,12H2,1-3H3. The minimum atomic E-state index is 0.171. The predicted molar refractivity (Wildman–Crippen MR) is 116 cm³/mol. The third-order valence-electron chi connectivity index (χ3n) is 5.18. The summed E-state index contributed by atoms with van der Waals surface area (Å²) in [5.41, 5.74) is 2.71. The van der Waals surface area contributed by atoms with Gasteiger partial charge in [-0.15, -0.1) is 0 Å². The molecule has 0 amide bonds. The Labute approximate surface area is 167 Å². The van der Waals surface area contributed by atoms with Crippen LogP contribution in [0, 0.1) is 0 Å². The van der Waals surface area contributed by atoms with E-state index in [-0.39, 0.29) is 5.78 Å². The molecule has 3 nitrogen and oxygen atoms in total. The summed E-state index contributed by atoms with van der Waals surface area (Å²) in [5, 5.41) is 2.12. The lowest BCUT2D eigenvalue weighted by Crippen LogP contribution is -2.03. The summed E-state index contributed by atoms with van der Waals surface area (Å²) in [6.45, 7) is 2.18. The van der Waals surface area contributed by atoms with Gasteiger partial charge in [-0.2, -0.15) is 0 Å². The summed E-state index contributed by atoms with van der Waals surface area (Å²) < 4.78 is 10.9. The first-order chi connectivity index (χ1) is 13.7. The molecule has 146 valence electrons. The molecule has 3 heteroatoms. The molecule has 3 rings (SSSR count). The third-order valence-corrected chi connectivity index (χ3v) is 5.18. The Morgan fingerprint density at radius 2 is 1.57 bits per heavy atom. The van der Waals surface area contributed by atoms with E-state index in [1.54, 1.807) is 14.2 Å². The van der Waals surface area contributed by atoms with Crippen LogP contribution in [0.15, 0.2) is 54.6 Å². The van der Waals surface area contributed by atoms with Gasteiger partial charge >= 0.3 is 0 Å². The van der Waals surface area contributed by atoms with Gasteiger partial charge in [0, 0.05) is 17.4 Å². The molecule has 3 aromatic carbocycles. The molecule has 3 aromatic rings. The van der Waals surface area contributed by atoms with Gasteiger partial charge in [0.2, 0.25) is 0 Å². The number of unbranched alkanes of at least 4 members (excludes halogenated alkanes) is 3. The number of hydrogen-bond donors (Lipinski definition) is 0. The van der Waals surface area contributed by atoms with Crippen molar-refractivity contribution in [2.75, 3.05) is 14.2 Å². The molecular weight excluding hydrogens is 348 g/mol. The Morgan fingerprint density at radius 3 is 2.29 bits per heavy atom. The van der Waals surface area contributed by atoms with Gasteiger partial charge in [0.15, 0.2) is 5.78 Å². The van der Waals surface area contributed by atoms with E-state index >= 15 is 0 Å². The lowest BCUT2D eigenvalue weighted by molar-refractivity contribution is 0.0979. The van der Waals surface area contributed by atoms with Crippen molar-refractivity contribution in [3.8, 4) is 22.6 Å². The van der Waals surface area contributed by atoms with E-state index < -0.39 is 0 Å². The van der Waals surface area contributed by atoms with Crippen LogP contribution in [0.5, 0.6) is 11.5 Å². The number of rotatable bonds is 9. The van der Waals surface area contributed by atoms with Crippen molar-refractivity contribution in [1.29, 1.82) is 0 Å². The van der Waals surface area contributed by atoms with Crippen molar-refractivity contribution in [3.63, 3.8) is 0 Å². The van der Waals surface area contributed by atoms with E-state index in [2.05, 4.69) is 13.0 Å². The smallest absolute Gasteiger partial charge is 0.163 e. The van der Waals surface area contributed by atoms with E-state index in [1.165, 1.54) is 6.42 Å². The fourth-order valence-electron chi connectivity index (χ4n) is 3.65. The molecule has 28 heavy (non-hydrogen) atoms. The third kappa shape index (κ3) is 4.19. The van der Waals surface area contributed by atoms with Gasteiger partial charge in [0.1, 0.15) is 11.5 Å². The van der Waals surface area contributed by atoms with Crippen molar-refractivity contribution in [3.05, 3.63) is 60.2 Å². The normalized spacial score (nSPS) is 10.8. The monoisotopic (exact) mass is 376 g/mol. The molecule has 0 bridgehead atoms. The van der Waals surface area contributed by atoms with E-state index in [9.17, 15) is 4.79 Å². The lowest BCUT2D eigenvalue weighted by Gasteiger charge is -2.15. The topological polar surface area (TPSA) is 35.5 Å². The largest absolute Gasteiger partial charge is 0.497 e. The number of methoxy groups -OCH3 is 2. The van der Waals surface area contributed by atoms with Crippen molar-refractivity contribution < 1.29 is 14.3 Å². The molecule has 0 unspecified atom stereocenters. The van der Waals surface area contributed by atoms with Crippen LogP contribution in [0.2, 0.25) is 0 Å². The molecule has 0 radical (unpaired) electrons. The van der Waals surface area contributed by atoms with Gasteiger partial charge in [-0.3, -0.25) is 4.79 Å². The lowest BCUT2D eigenvalue weighted by atomic mass is 9.91. The van der Waals surface area contributed by atoms with Crippen molar-refractivity contribution in [2.24, 2.45) is 0 Å². The molecular formula is C25H28O3. The van der Waals surface area contributed by atoms with Gasteiger partial charge in [-0.25, -0.2) is 0 Å². The van der Waals surface area contributed by atoms with Crippen LogP contribution in [0.3, 0.4) is 0 Å². The number of benzene rings is 3. The highest BCUT2D eigenvalue weighted by atomic mass is 16.5. The zero-order valence-electron chi connectivity index (χ0n) is 17.0. The van der Waals surface area contributed by atoms with Crippen LogP contribution >= 0.6 is 0 Å². The number of ketones is 1. The Kier molecular flexibility index (Phi) is 6.70. The van der Waals surface area contributed by atoms with Gasteiger partial charge in [-0.1, -0.05) is 56.5 Å². The maximum atomic E-state index is 13.0. The first kappa shape index (κ1) is 19.9. The summed E-state index contributed by atoms with van der Waals surface area (Å²) in [6, 6.07) is 17.9. The second-order valence-electron chi connectivity index (χ2n) is 7.01. The Bertz CT molecular complexity index is 959. The van der Waals surface area contributed by atoms with Crippen molar-refractivity contribution in [2.45, 2.75) is 39.0 Å². The van der Waals surface area contributed by atoms with E-state index in [1.807, 2.05) is 48.5 Å².